The number of ether oxygens (including phenoxy) is 1. The van der Waals surface area contributed by atoms with E-state index in [2.05, 4.69) is 29.8 Å². The molecule has 1 spiro atoms. The number of fused-ring (bicyclic) bond motifs is 2. The molecule has 4 rings (SSSR count). The van der Waals surface area contributed by atoms with Crippen LogP contribution in [-0.2, 0) is 15.1 Å². The molecule has 3 atom stereocenters. The molecule has 30 heavy (non-hydrogen) atoms. The van der Waals surface area contributed by atoms with Gasteiger partial charge in [0, 0.05) is 16.6 Å². The van der Waals surface area contributed by atoms with Crippen LogP contribution in [0.2, 0.25) is 10.0 Å². The van der Waals surface area contributed by atoms with Crippen molar-refractivity contribution < 1.29 is 14.3 Å². The summed E-state index contributed by atoms with van der Waals surface area (Å²) in [6, 6.07) is 10.4. The van der Waals surface area contributed by atoms with Crippen LogP contribution in [0.15, 0.2) is 36.4 Å². The molecule has 6 nitrogen and oxygen atoms in total. The lowest BCUT2D eigenvalue weighted by Crippen LogP contribution is -2.52. The van der Waals surface area contributed by atoms with Crippen molar-refractivity contribution in [1.29, 1.82) is 0 Å². The van der Waals surface area contributed by atoms with E-state index in [-0.39, 0.29) is 23.8 Å². The quantitative estimate of drug-likeness (QED) is 0.647. The van der Waals surface area contributed by atoms with Gasteiger partial charge in [0.2, 0.25) is 11.8 Å². The predicted octanol–water partition coefficient (Wildman–Crippen LogP) is 4.42. The Morgan fingerprint density at radius 3 is 2.73 bits per heavy atom. The van der Waals surface area contributed by atoms with Crippen molar-refractivity contribution in [3.05, 3.63) is 52.0 Å². The summed E-state index contributed by atoms with van der Waals surface area (Å²) in [6.45, 7) is 4.13. The minimum Gasteiger partial charge on any atom is -0.495 e. The molecule has 1 fully saturated rings. The highest BCUT2D eigenvalue weighted by molar-refractivity contribution is 6.35. The Balaban J connectivity index is 1.76. The Labute approximate surface area is 185 Å². The average molecular weight is 448 g/mol. The van der Waals surface area contributed by atoms with Gasteiger partial charge in [-0.1, -0.05) is 49.2 Å². The minimum absolute atomic E-state index is 0.0160. The van der Waals surface area contributed by atoms with Crippen molar-refractivity contribution in [2.75, 3.05) is 17.7 Å². The first kappa shape index (κ1) is 21.0. The molecule has 0 unspecified atom stereocenters. The Morgan fingerprint density at radius 1 is 1.27 bits per heavy atom. The molecule has 2 aliphatic rings. The zero-order valence-corrected chi connectivity index (χ0v) is 18.4. The Kier molecular flexibility index (Phi) is 5.43. The van der Waals surface area contributed by atoms with Crippen molar-refractivity contribution >= 4 is 46.4 Å². The van der Waals surface area contributed by atoms with E-state index in [9.17, 15) is 9.59 Å². The maximum atomic E-state index is 13.5. The second-order valence-corrected chi connectivity index (χ2v) is 8.89. The van der Waals surface area contributed by atoms with Crippen LogP contribution in [0.1, 0.15) is 25.8 Å². The van der Waals surface area contributed by atoms with Crippen LogP contribution in [0, 0.1) is 11.8 Å². The van der Waals surface area contributed by atoms with Crippen LogP contribution >= 0.6 is 23.2 Å². The highest BCUT2D eigenvalue weighted by Crippen LogP contribution is 2.50. The van der Waals surface area contributed by atoms with Crippen molar-refractivity contribution in [2.45, 2.75) is 31.8 Å². The number of amides is 2. The molecule has 3 N–H and O–H groups in total. The molecule has 2 aliphatic heterocycles. The maximum Gasteiger partial charge on any atom is 0.250 e. The molecule has 1 saturated heterocycles. The first-order valence-electron chi connectivity index (χ1n) is 9.80. The van der Waals surface area contributed by atoms with E-state index in [4.69, 9.17) is 27.9 Å². The molecule has 0 bridgehead atoms. The molecule has 0 radical (unpaired) electrons. The van der Waals surface area contributed by atoms with Crippen molar-refractivity contribution in [3.8, 4) is 5.75 Å². The third-order valence-electron chi connectivity index (χ3n) is 6.00. The number of methoxy groups -OCH3 is 1. The van der Waals surface area contributed by atoms with E-state index < -0.39 is 11.5 Å². The summed E-state index contributed by atoms with van der Waals surface area (Å²) in [5.41, 5.74) is 0.522. The summed E-state index contributed by atoms with van der Waals surface area (Å²) >= 11 is 12.4. The van der Waals surface area contributed by atoms with Gasteiger partial charge in [-0.15, -0.1) is 0 Å². The van der Waals surface area contributed by atoms with Gasteiger partial charge >= 0.3 is 0 Å². The van der Waals surface area contributed by atoms with Gasteiger partial charge in [0.1, 0.15) is 11.3 Å². The van der Waals surface area contributed by atoms with Gasteiger partial charge in [-0.25, -0.2) is 0 Å². The highest BCUT2D eigenvalue weighted by Gasteiger charge is 2.60. The number of carbonyl (C=O) groups is 2. The van der Waals surface area contributed by atoms with Gasteiger partial charge in [-0.2, -0.15) is 0 Å². The van der Waals surface area contributed by atoms with E-state index in [0.29, 0.717) is 39.2 Å². The molecule has 8 heteroatoms. The standard InChI is InChI=1S/C22H23Cl2N3O3/c1-11(2)16-10-14(20(28)25-17-9-12(23)7-8-18(17)30-3)22(27-16)13-5-4-6-15(24)19(13)26-21(22)29/h4-9,11,14,16,27H,10H2,1-3H3,(H,25,28)(H,26,29)/t14-,16-,22+/m1/s1. The summed E-state index contributed by atoms with van der Waals surface area (Å²) in [7, 11) is 1.52. The van der Waals surface area contributed by atoms with Crippen LogP contribution in [0.3, 0.4) is 0 Å². The molecule has 0 aliphatic carbocycles. The van der Waals surface area contributed by atoms with Crippen LogP contribution < -0.4 is 20.7 Å². The van der Waals surface area contributed by atoms with Crippen molar-refractivity contribution in [2.24, 2.45) is 11.8 Å². The normalized spacial score (nSPS) is 24.8. The molecular weight excluding hydrogens is 425 g/mol. The summed E-state index contributed by atoms with van der Waals surface area (Å²) in [5.74, 6) is -0.474. The number of para-hydroxylation sites is 1. The summed E-state index contributed by atoms with van der Waals surface area (Å²) in [6.07, 6.45) is 0.506. The van der Waals surface area contributed by atoms with Gasteiger partial charge in [0.25, 0.3) is 0 Å². The molecule has 0 saturated carbocycles. The molecule has 0 aromatic heterocycles. The van der Waals surface area contributed by atoms with Gasteiger partial charge in [-0.05, 0) is 36.6 Å². The van der Waals surface area contributed by atoms with Crippen molar-refractivity contribution in [1.82, 2.24) is 5.32 Å². The van der Waals surface area contributed by atoms with E-state index in [0.717, 1.165) is 0 Å². The molecule has 158 valence electrons. The van der Waals surface area contributed by atoms with Crippen LogP contribution in [-0.4, -0.2) is 25.0 Å². The number of halogens is 2. The molecular formula is C22H23Cl2N3O3. The lowest BCUT2D eigenvalue weighted by molar-refractivity contribution is -0.130. The highest BCUT2D eigenvalue weighted by atomic mass is 35.5. The first-order chi connectivity index (χ1) is 14.3. The number of carbonyl (C=O) groups excluding carboxylic acids is 2. The zero-order chi connectivity index (χ0) is 21.6. The van der Waals surface area contributed by atoms with Crippen LogP contribution in [0.5, 0.6) is 5.75 Å². The third-order valence-corrected chi connectivity index (χ3v) is 6.55. The van der Waals surface area contributed by atoms with Crippen LogP contribution in [0.4, 0.5) is 11.4 Å². The Morgan fingerprint density at radius 2 is 2.03 bits per heavy atom. The van der Waals surface area contributed by atoms with Crippen molar-refractivity contribution in [3.63, 3.8) is 0 Å². The fourth-order valence-corrected chi connectivity index (χ4v) is 4.82. The first-order valence-corrected chi connectivity index (χ1v) is 10.6. The van der Waals surface area contributed by atoms with E-state index in [1.54, 1.807) is 30.3 Å². The Bertz CT molecular complexity index is 1030. The predicted molar refractivity (Wildman–Crippen MR) is 118 cm³/mol. The third kappa shape index (κ3) is 3.23. The second kappa shape index (κ2) is 7.76. The average Bonchev–Trinajstić information content (AvgIpc) is 3.24. The van der Waals surface area contributed by atoms with Gasteiger partial charge in [0.15, 0.2) is 0 Å². The topological polar surface area (TPSA) is 79.5 Å². The molecule has 2 aromatic carbocycles. The fourth-order valence-electron chi connectivity index (χ4n) is 4.43. The van der Waals surface area contributed by atoms with Crippen LogP contribution in [0.25, 0.3) is 0 Å². The summed E-state index contributed by atoms with van der Waals surface area (Å²) in [5, 5.41) is 10.2. The second-order valence-electron chi connectivity index (χ2n) is 8.04. The van der Waals surface area contributed by atoms with Gasteiger partial charge < -0.3 is 15.4 Å². The maximum absolute atomic E-state index is 13.5. The molecule has 2 aromatic rings. The minimum atomic E-state index is -1.19. The monoisotopic (exact) mass is 447 g/mol. The SMILES string of the molecule is COc1ccc(Cl)cc1NC(=O)[C@H]1C[C@H](C(C)C)N[C@]12C(=O)Nc1c(Cl)cccc12. The lowest BCUT2D eigenvalue weighted by atomic mass is 9.79. The number of hydrogen-bond donors (Lipinski definition) is 3. The summed E-state index contributed by atoms with van der Waals surface area (Å²) < 4.78 is 5.35. The molecule has 2 amide bonds. The van der Waals surface area contributed by atoms with E-state index in [1.807, 2.05) is 6.07 Å². The largest absolute Gasteiger partial charge is 0.495 e. The smallest absolute Gasteiger partial charge is 0.250 e. The van der Waals surface area contributed by atoms with E-state index >= 15 is 0 Å². The number of rotatable bonds is 4. The lowest BCUT2D eigenvalue weighted by Gasteiger charge is -2.29. The van der Waals surface area contributed by atoms with Gasteiger partial charge in [0.05, 0.1) is 29.4 Å². The molecule has 2 heterocycles. The number of nitrogens with one attached hydrogen (secondary N) is 3. The van der Waals surface area contributed by atoms with E-state index in [1.165, 1.54) is 7.11 Å². The fraction of sp³-hybridized carbons (Fsp3) is 0.364. The zero-order valence-electron chi connectivity index (χ0n) is 16.9. The summed E-state index contributed by atoms with van der Waals surface area (Å²) in [4.78, 5) is 26.8. The number of hydrogen-bond acceptors (Lipinski definition) is 4. The Hall–Kier alpha value is -2.28. The number of benzene rings is 2. The van der Waals surface area contributed by atoms with Gasteiger partial charge in [-0.3, -0.25) is 14.9 Å². The number of anilines is 2.